The van der Waals surface area contributed by atoms with Gasteiger partial charge in [-0.15, -0.1) is 0 Å². The minimum absolute atomic E-state index is 0.139. The van der Waals surface area contributed by atoms with Crippen LogP contribution in [0.15, 0.2) is 76.5 Å². The first kappa shape index (κ1) is 30.2. The van der Waals surface area contributed by atoms with Gasteiger partial charge in [0, 0.05) is 19.3 Å². The minimum atomic E-state index is -3.70. The number of aliphatic hydroxyl groups excluding tert-OH is 1. The third kappa shape index (κ3) is 6.55. The number of sulfone groups is 1. The predicted molar refractivity (Wildman–Crippen MR) is 155 cm³/mol. The van der Waals surface area contributed by atoms with Gasteiger partial charge in [0.15, 0.2) is 9.84 Å². The average molecular weight is 619 g/mol. The number of carbonyl (C=O) groups is 1. The maximum atomic E-state index is 13.4. The molecule has 2 fully saturated rings. The number of aliphatic hydroxyl groups is 1. The molecule has 0 saturated carbocycles. The van der Waals surface area contributed by atoms with Crippen LogP contribution in [0.3, 0.4) is 0 Å². The van der Waals surface area contributed by atoms with Crippen molar-refractivity contribution in [1.82, 2.24) is 9.21 Å². The molecule has 11 nitrogen and oxygen atoms in total. The smallest absolute Gasteiger partial charge is 0.407 e. The van der Waals surface area contributed by atoms with Gasteiger partial charge in [-0.05, 0) is 66.4 Å². The summed E-state index contributed by atoms with van der Waals surface area (Å²) in [6.07, 6.45) is 0.0119. The van der Waals surface area contributed by atoms with Gasteiger partial charge in [0.05, 0.1) is 34.6 Å². The van der Waals surface area contributed by atoms with Crippen molar-refractivity contribution in [2.45, 2.75) is 46.8 Å². The van der Waals surface area contributed by atoms with E-state index >= 15 is 0 Å². The SMILES string of the molecule is CS(=O)(=O)c1ccc(OCC(O)CN(C(=O)O)C2COC3(CCN(S(=O)(=O)c4ccc5ccccc5c4)CC3)C2)cc1. The van der Waals surface area contributed by atoms with Crippen LogP contribution < -0.4 is 4.74 Å². The van der Waals surface area contributed by atoms with Gasteiger partial charge in [-0.3, -0.25) is 0 Å². The van der Waals surface area contributed by atoms with E-state index in [9.17, 15) is 31.8 Å². The van der Waals surface area contributed by atoms with Crippen molar-refractivity contribution in [1.29, 1.82) is 0 Å². The highest BCUT2D eigenvalue weighted by molar-refractivity contribution is 7.90. The van der Waals surface area contributed by atoms with Crippen molar-refractivity contribution in [2.75, 3.05) is 39.1 Å². The van der Waals surface area contributed by atoms with Crippen LogP contribution in [-0.2, 0) is 24.6 Å². The van der Waals surface area contributed by atoms with E-state index in [0.717, 1.165) is 21.9 Å². The van der Waals surface area contributed by atoms with E-state index in [2.05, 4.69) is 0 Å². The molecule has 3 aromatic carbocycles. The molecule has 2 aliphatic rings. The lowest BCUT2D eigenvalue weighted by atomic mass is 9.88. The lowest BCUT2D eigenvalue weighted by Crippen LogP contribution is -2.48. The van der Waals surface area contributed by atoms with Crippen molar-refractivity contribution < 1.29 is 41.3 Å². The van der Waals surface area contributed by atoms with Gasteiger partial charge in [-0.1, -0.05) is 30.3 Å². The monoisotopic (exact) mass is 618 g/mol. The highest BCUT2D eigenvalue weighted by Gasteiger charge is 2.47. The number of amides is 1. The zero-order valence-corrected chi connectivity index (χ0v) is 24.8. The predicted octanol–water partition coefficient (Wildman–Crippen LogP) is 2.98. The Morgan fingerprint density at radius 1 is 1.02 bits per heavy atom. The molecule has 0 aliphatic carbocycles. The Bertz CT molecular complexity index is 1650. The summed E-state index contributed by atoms with van der Waals surface area (Å²) in [6, 6.07) is 17.9. The maximum absolute atomic E-state index is 13.4. The lowest BCUT2D eigenvalue weighted by molar-refractivity contribution is -0.0319. The molecule has 1 spiro atoms. The average Bonchev–Trinajstić information content (AvgIpc) is 3.37. The van der Waals surface area contributed by atoms with Gasteiger partial charge in [0.2, 0.25) is 10.0 Å². The van der Waals surface area contributed by atoms with Crippen molar-refractivity contribution in [3.8, 4) is 5.75 Å². The van der Waals surface area contributed by atoms with Crippen LogP contribution in [0.1, 0.15) is 19.3 Å². The van der Waals surface area contributed by atoms with E-state index in [1.807, 2.05) is 24.3 Å². The van der Waals surface area contributed by atoms with E-state index in [1.165, 1.54) is 28.6 Å². The molecule has 3 aromatic rings. The Morgan fingerprint density at radius 2 is 1.67 bits per heavy atom. The number of rotatable bonds is 9. The van der Waals surface area contributed by atoms with Crippen LogP contribution in [-0.4, -0.2) is 99.2 Å². The zero-order valence-electron chi connectivity index (χ0n) is 23.1. The molecular weight excluding hydrogens is 584 g/mol. The molecule has 0 aromatic heterocycles. The Balaban J connectivity index is 1.16. The van der Waals surface area contributed by atoms with E-state index in [1.54, 1.807) is 18.2 Å². The molecule has 2 N–H and O–H groups in total. The van der Waals surface area contributed by atoms with Gasteiger partial charge >= 0.3 is 6.09 Å². The molecule has 0 radical (unpaired) electrons. The Morgan fingerprint density at radius 3 is 2.31 bits per heavy atom. The molecule has 42 heavy (non-hydrogen) atoms. The summed E-state index contributed by atoms with van der Waals surface area (Å²) in [5.74, 6) is 0.344. The van der Waals surface area contributed by atoms with Gasteiger partial charge < -0.3 is 24.6 Å². The molecule has 13 heteroatoms. The van der Waals surface area contributed by atoms with Crippen LogP contribution in [0.2, 0.25) is 0 Å². The lowest BCUT2D eigenvalue weighted by Gasteiger charge is -2.38. The van der Waals surface area contributed by atoms with E-state index in [4.69, 9.17) is 9.47 Å². The molecule has 2 heterocycles. The van der Waals surface area contributed by atoms with Crippen LogP contribution in [0.5, 0.6) is 5.75 Å². The molecular formula is C29H34N2O9S2. The largest absolute Gasteiger partial charge is 0.491 e. The summed E-state index contributed by atoms with van der Waals surface area (Å²) in [5.41, 5.74) is -0.642. The zero-order chi connectivity index (χ0) is 30.1. The Kier molecular flexibility index (Phi) is 8.50. The first-order valence-corrected chi connectivity index (χ1v) is 16.9. The minimum Gasteiger partial charge on any atom is -0.491 e. The fourth-order valence-electron chi connectivity index (χ4n) is 5.62. The number of hydrogen-bond donors (Lipinski definition) is 2. The molecule has 2 saturated heterocycles. The molecule has 2 atom stereocenters. The van der Waals surface area contributed by atoms with Crippen molar-refractivity contribution in [3.63, 3.8) is 0 Å². The first-order chi connectivity index (χ1) is 19.9. The van der Waals surface area contributed by atoms with E-state index in [0.29, 0.717) is 25.0 Å². The summed E-state index contributed by atoms with van der Waals surface area (Å²) >= 11 is 0. The highest BCUT2D eigenvalue weighted by Crippen LogP contribution is 2.39. The van der Waals surface area contributed by atoms with Crippen LogP contribution in [0.25, 0.3) is 10.8 Å². The second-order valence-electron chi connectivity index (χ2n) is 10.9. The Labute approximate surface area is 245 Å². The molecule has 2 aliphatic heterocycles. The summed E-state index contributed by atoms with van der Waals surface area (Å²) < 4.78 is 63.1. The fraction of sp³-hybridized carbons (Fsp3) is 0.414. The number of benzene rings is 3. The highest BCUT2D eigenvalue weighted by atomic mass is 32.2. The van der Waals surface area contributed by atoms with Crippen LogP contribution >= 0.6 is 0 Å². The normalized spacial score (nSPS) is 20.0. The van der Waals surface area contributed by atoms with Gasteiger partial charge in [-0.25, -0.2) is 21.6 Å². The number of sulfonamides is 1. The first-order valence-electron chi connectivity index (χ1n) is 13.6. The second-order valence-corrected chi connectivity index (χ2v) is 14.9. The number of carboxylic acid groups (broad SMARTS) is 1. The summed E-state index contributed by atoms with van der Waals surface area (Å²) in [7, 11) is -7.05. The van der Waals surface area contributed by atoms with Gasteiger partial charge in [0.1, 0.15) is 18.5 Å². The third-order valence-electron chi connectivity index (χ3n) is 7.97. The summed E-state index contributed by atoms with van der Waals surface area (Å²) in [6.45, 7) is 0.253. The quantitative estimate of drug-likeness (QED) is 0.369. The van der Waals surface area contributed by atoms with E-state index in [-0.39, 0.29) is 42.6 Å². The topological polar surface area (TPSA) is 151 Å². The van der Waals surface area contributed by atoms with Crippen LogP contribution in [0, 0.1) is 0 Å². The second kappa shape index (κ2) is 11.8. The van der Waals surface area contributed by atoms with Crippen molar-refractivity contribution in [3.05, 3.63) is 66.7 Å². The van der Waals surface area contributed by atoms with Crippen molar-refractivity contribution in [2.24, 2.45) is 0 Å². The number of piperidine rings is 1. The number of nitrogens with zero attached hydrogens (tertiary/aromatic N) is 2. The molecule has 1 amide bonds. The third-order valence-corrected chi connectivity index (χ3v) is 11.0. The molecule has 0 bridgehead atoms. The summed E-state index contributed by atoms with van der Waals surface area (Å²) in [4.78, 5) is 13.6. The fourth-order valence-corrected chi connectivity index (χ4v) is 7.73. The number of fused-ring (bicyclic) bond motifs is 1. The molecule has 5 rings (SSSR count). The van der Waals surface area contributed by atoms with E-state index < -0.39 is 43.7 Å². The maximum Gasteiger partial charge on any atom is 0.407 e. The molecule has 2 unspecified atom stereocenters. The van der Waals surface area contributed by atoms with Gasteiger partial charge in [-0.2, -0.15) is 4.31 Å². The van der Waals surface area contributed by atoms with Gasteiger partial charge in [0.25, 0.3) is 0 Å². The summed E-state index contributed by atoms with van der Waals surface area (Å²) in [5, 5.41) is 22.2. The standard InChI is InChI=1S/C29H34N2O9S2/c1-41(35,36)26-10-7-25(8-11-26)39-20-24(32)18-31(28(33)34)23-17-29(40-19-23)12-14-30(15-13-29)42(37,38)27-9-6-21-4-2-3-5-22(21)16-27/h2-11,16,23-24,32H,12-15,17-20H2,1H3,(H,33,34). The van der Waals surface area contributed by atoms with Crippen molar-refractivity contribution >= 4 is 36.7 Å². The van der Waals surface area contributed by atoms with Crippen LogP contribution in [0.4, 0.5) is 4.79 Å². The number of hydrogen-bond acceptors (Lipinski definition) is 8. The Hall–Kier alpha value is -3.23. The number of ether oxygens (including phenoxy) is 2. The molecule has 226 valence electrons.